The van der Waals surface area contributed by atoms with Crippen LogP contribution in [0.1, 0.15) is 310 Å². The molecule has 1 atom stereocenters. The summed E-state index contributed by atoms with van der Waals surface area (Å²) in [5, 5.41) is 0. The zero-order chi connectivity index (χ0) is 46.5. The van der Waals surface area contributed by atoms with Gasteiger partial charge in [-0.25, -0.2) is 0 Å². The fraction of sp³-hybridized carbons (Fsp3) is 0.879. The first kappa shape index (κ1) is 61.9. The Hall–Kier alpha value is -2.11. The van der Waals surface area contributed by atoms with E-state index in [0.29, 0.717) is 19.3 Å². The zero-order valence-electron chi connectivity index (χ0n) is 43.1. The summed E-state index contributed by atoms with van der Waals surface area (Å²) in [6, 6.07) is 0. The van der Waals surface area contributed by atoms with Crippen molar-refractivity contribution in [2.24, 2.45) is 0 Å². The van der Waals surface area contributed by atoms with Crippen LogP contribution in [0.15, 0.2) is 24.3 Å². The molecule has 0 aromatic rings. The predicted octanol–water partition coefficient (Wildman–Crippen LogP) is 18.7. The van der Waals surface area contributed by atoms with E-state index in [9.17, 15) is 14.4 Å². The van der Waals surface area contributed by atoms with Gasteiger partial charge < -0.3 is 14.2 Å². The third-order valence-corrected chi connectivity index (χ3v) is 12.7. The Balaban J connectivity index is 4.17. The second-order valence-electron chi connectivity index (χ2n) is 19.2. The molecule has 1 unspecified atom stereocenters. The van der Waals surface area contributed by atoms with E-state index in [1.54, 1.807) is 0 Å². The molecule has 64 heavy (non-hydrogen) atoms. The molecule has 0 amide bonds. The van der Waals surface area contributed by atoms with E-state index < -0.39 is 6.10 Å². The molecule has 0 saturated heterocycles. The van der Waals surface area contributed by atoms with Gasteiger partial charge in [0.1, 0.15) is 13.2 Å². The minimum Gasteiger partial charge on any atom is -0.462 e. The average molecular weight is 901 g/mol. The van der Waals surface area contributed by atoms with Crippen molar-refractivity contribution < 1.29 is 28.6 Å². The highest BCUT2D eigenvalue weighted by Crippen LogP contribution is 2.16. The summed E-state index contributed by atoms with van der Waals surface area (Å²) in [6.07, 6.45) is 61.9. The summed E-state index contributed by atoms with van der Waals surface area (Å²) in [7, 11) is 0. The van der Waals surface area contributed by atoms with Gasteiger partial charge in [0.25, 0.3) is 0 Å². The molecule has 0 aliphatic heterocycles. The van der Waals surface area contributed by atoms with Crippen molar-refractivity contribution in [1.82, 2.24) is 0 Å². The van der Waals surface area contributed by atoms with E-state index >= 15 is 0 Å². The largest absolute Gasteiger partial charge is 0.462 e. The van der Waals surface area contributed by atoms with E-state index in [2.05, 4.69) is 45.1 Å². The third-order valence-electron chi connectivity index (χ3n) is 12.7. The van der Waals surface area contributed by atoms with Gasteiger partial charge in [0.15, 0.2) is 6.10 Å². The molecule has 0 heterocycles. The maximum atomic E-state index is 12.8. The monoisotopic (exact) mass is 901 g/mol. The van der Waals surface area contributed by atoms with Crippen molar-refractivity contribution in [1.29, 1.82) is 0 Å². The molecular formula is C58H108O6. The van der Waals surface area contributed by atoms with E-state index in [4.69, 9.17) is 14.2 Å². The summed E-state index contributed by atoms with van der Waals surface area (Å²) in [5.74, 6) is -0.868. The maximum Gasteiger partial charge on any atom is 0.306 e. The van der Waals surface area contributed by atoms with Gasteiger partial charge in [0.05, 0.1) is 0 Å². The van der Waals surface area contributed by atoms with Crippen molar-refractivity contribution in [3.63, 3.8) is 0 Å². The number of unbranched alkanes of at least 4 members (excludes halogenated alkanes) is 37. The Morgan fingerprint density at radius 2 is 0.516 bits per heavy atom. The second-order valence-corrected chi connectivity index (χ2v) is 19.2. The standard InChI is InChI=1S/C58H108O6/c1-4-7-10-13-16-18-20-22-24-26-28-29-30-32-33-35-37-39-42-45-48-51-57(60)63-54-55(53-62-56(59)50-47-44-41-15-12-9-6-3)64-58(61)52-49-46-43-40-38-36-34-31-27-25-23-21-19-17-14-11-8-5-2/h25-28,55H,4-24,29-54H2,1-3H3/b27-25-,28-26-. The molecule has 0 aliphatic rings. The number of hydrogen-bond acceptors (Lipinski definition) is 6. The summed E-state index contributed by atoms with van der Waals surface area (Å²) in [5.41, 5.74) is 0. The van der Waals surface area contributed by atoms with Crippen LogP contribution >= 0.6 is 0 Å². The van der Waals surface area contributed by atoms with Crippen LogP contribution in [0.4, 0.5) is 0 Å². The lowest BCUT2D eigenvalue weighted by molar-refractivity contribution is -0.167. The van der Waals surface area contributed by atoms with Crippen LogP contribution in [-0.4, -0.2) is 37.2 Å². The lowest BCUT2D eigenvalue weighted by Crippen LogP contribution is -2.30. The molecule has 6 heteroatoms. The fourth-order valence-corrected chi connectivity index (χ4v) is 8.37. The second kappa shape index (κ2) is 53.5. The highest BCUT2D eigenvalue weighted by molar-refractivity contribution is 5.71. The number of carbonyl (C=O) groups excluding carboxylic acids is 3. The number of esters is 3. The molecule has 0 aliphatic carbocycles. The minimum absolute atomic E-state index is 0.0707. The number of allylic oxidation sites excluding steroid dienone is 4. The van der Waals surface area contributed by atoms with Crippen molar-refractivity contribution in [2.45, 2.75) is 316 Å². The van der Waals surface area contributed by atoms with E-state index in [1.165, 1.54) is 212 Å². The zero-order valence-corrected chi connectivity index (χ0v) is 43.1. The fourth-order valence-electron chi connectivity index (χ4n) is 8.37. The molecule has 0 rings (SSSR count). The summed E-state index contributed by atoms with van der Waals surface area (Å²) >= 11 is 0. The van der Waals surface area contributed by atoms with E-state index in [-0.39, 0.29) is 31.1 Å². The number of ether oxygens (including phenoxy) is 3. The molecule has 0 aromatic heterocycles. The van der Waals surface area contributed by atoms with Gasteiger partial charge in [0, 0.05) is 19.3 Å². The molecule has 0 aromatic carbocycles. The van der Waals surface area contributed by atoms with Gasteiger partial charge in [-0.15, -0.1) is 0 Å². The molecular weight excluding hydrogens is 793 g/mol. The first-order valence-corrected chi connectivity index (χ1v) is 28.3. The van der Waals surface area contributed by atoms with E-state index in [0.717, 1.165) is 57.8 Å². The van der Waals surface area contributed by atoms with Gasteiger partial charge in [0.2, 0.25) is 0 Å². The lowest BCUT2D eigenvalue weighted by Gasteiger charge is -2.18. The number of carbonyl (C=O) groups is 3. The SMILES string of the molecule is CCCCCCCCC/C=C\CCCCCCCCCC(=O)OC(COC(=O)CCCCCCCCC)COC(=O)CCCCCCCCCCC/C=C\CCCCCCCCCC. The van der Waals surface area contributed by atoms with Crippen LogP contribution in [0.2, 0.25) is 0 Å². The van der Waals surface area contributed by atoms with Gasteiger partial charge in [-0.1, -0.05) is 244 Å². The van der Waals surface area contributed by atoms with Crippen molar-refractivity contribution in [3.8, 4) is 0 Å². The van der Waals surface area contributed by atoms with Crippen LogP contribution in [0, 0.1) is 0 Å². The smallest absolute Gasteiger partial charge is 0.306 e. The van der Waals surface area contributed by atoms with Crippen LogP contribution in [0.25, 0.3) is 0 Å². The van der Waals surface area contributed by atoms with Crippen molar-refractivity contribution in [2.75, 3.05) is 13.2 Å². The Morgan fingerprint density at radius 3 is 0.781 bits per heavy atom. The lowest BCUT2D eigenvalue weighted by atomic mass is 10.1. The molecule has 0 radical (unpaired) electrons. The molecule has 0 saturated carbocycles. The van der Waals surface area contributed by atoms with Gasteiger partial charge in [-0.3, -0.25) is 14.4 Å². The number of hydrogen-bond donors (Lipinski definition) is 0. The Bertz CT molecular complexity index is 1040. The van der Waals surface area contributed by atoms with E-state index in [1.807, 2.05) is 0 Å². The first-order chi connectivity index (χ1) is 31.5. The Morgan fingerprint density at radius 1 is 0.297 bits per heavy atom. The molecule has 0 N–H and O–H groups in total. The Labute approximate surface area is 398 Å². The predicted molar refractivity (Wildman–Crippen MR) is 275 cm³/mol. The number of rotatable bonds is 52. The van der Waals surface area contributed by atoms with Crippen molar-refractivity contribution in [3.05, 3.63) is 24.3 Å². The van der Waals surface area contributed by atoms with Crippen molar-refractivity contribution >= 4 is 17.9 Å². The van der Waals surface area contributed by atoms with Crippen LogP contribution in [0.5, 0.6) is 0 Å². The summed E-state index contributed by atoms with van der Waals surface area (Å²) < 4.78 is 16.8. The first-order valence-electron chi connectivity index (χ1n) is 28.3. The Kier molecular flexibility index (Phi) is 51.7. The van der Waals surface area contributed by atoms with Gasteiger partial charge in [-0.2, -0.15) is 0 Å². The molecule has 0 fully saturated rings. The minimum atomic E-state index is -0.769. The molecule has 376 valence electrons. The average Bonchev–Trinajstić information content (AvgIpc) is 3.29. The highest BCUT2D eigenvalue weighted by atomic mass is 16.6. The van der Waals surface area contributed by atoms with Gasteiger partial charge in [-0.05, 0) is 70.6 Å². The molecule has 0 bridgehead atoms. The van der Waals surface area contributed by atoms with Crippen LogP contribution in [0.3, 0.4) is 0 Å². The normalized spacial score (nSPS) is 12.1. The van der Waals surface area contributed by atoms with Gasteiger partial charge >= 0.3 is 17.9 Å². The van der Waals surface area contributed by atoms with Crippen LogP contribution in [-0.2, 0) is 28.6 Å². The molecule has 6 nitrogen and oxygen atoms in total. The third kappa shape index (κ3) is 50.9. The highest BCUT2D eigenvalue weighted by Gasteiger charge is 2.19. The maximum absolute atomic E-state index is 12.8. The topological polar surface area (TPSA) is 78.9 Å². The summed E-state index contributed by atoms with van der Waals surface area (Å²) in [6.45, 7) is 6.63. The quantitative estimate of drug-likeness (QED) is 0.0262. The van der Waals surface area contributed by atoms with Crippen LogP contribution < -0.4 is 0 Å². The summed E-state index contributed by atoms with van der Waals surface area (Å²) in [4.78, 5) is 37.9. The molecule has 0 spiro atoms.